The molecule has 0 unspecified atom stereocenters. The van der Waals surface area contributed by atoms with Crippen molar-refractivity contribution >= 4 is 29.0 Å². The fraction of sp³-hybridized carbons (Fsp3) is 0.125. The van der Waals surface area contributed by atoms with E-state index < -0.39 is 0 Å². The Bertz CT molecular complexity index is 755. The third-order valence-electron chi connectivity index (χ3n) is 3.34. The van der Waals surface area contributed by atoms with Gasteiger partial charge in [-0.3, -0.25) is 9.59 Å². The van der Waals surface area contributed by atoms with Gasteiger partial charge in [-0.15, -0.1) is 0 Å². The second kappa shape index (κ2) is 5.22. The van der Waals surface area contributed by atoms with E-state index in [-0.39, 0.29) is 23.3 Å². The maximum Gasteiger partial charge on any atom is 0.262 e. The van der Waals surface area contributed by atoms with Gasteiger partial charge in [0.2, 0.25) is 0 Å². The van der Waals surface area contributed by atoms with E-state index in [1.165, 1.54) is 0 Å². The average Bonchev–Trinajstić information content (AvgIpc) is 2.46. The van der Waals surface area contributed by atoms with Crippen molar-refractivity contribution in [2.75, 3.05) is 11.9 Å². The Morgan fingerprint density at radius 3 is 2.76 bits per heavy atom. The molecule has 1 N–H and O–H groups in total. The van der Waals surface area contributed by atoms with E-state index in [9.17, 15) is 9.59 Å². The van der Waals surface area contributed by atoms with Crippen molar-refractivity contribution in [1.29, 1.82) is 0 Å². The number of aryl methyl sites for hydroxylation is 1. The summed E-state index contributed by atoms with van der Waals surface area (Å²) < 4.78 is 5.32. The number of carbonyl (C=O) groups excluding carboxylic acids is 2. The molecule has 21 heavy (non-hydrogen) atoms. The Morgan fingerprint density at radius 2 is 2.00 bits per heavy atom. The summed E-state index contributed by atoms with van der Waals surface area (Å²) in [6, 6.07) is 10.4. The van der Waals surface area contributed by atoms with E-state index in [4.69, 9.17) is 16.3 Å². The molecule has 106 valence electrons. The zero-order valence-electron chi connectivity index (χ0n) is 11.3. The first-order valence-electron chi connectivity index (χ1n) is 6.43. The fourth-order valence-corrected chi connectivity index (χ4v) is 2.50. The molecule has 1 aliphatic rings. The highest BCUT2D eigenvalue weighted by Gasteiger charge is 2.22. The highest BCUT2D eigenvalue weighted by Crippen LogP contribution is 2.34. The molecule has 4 nitrogen and oxygen atoms in total. The standard InChI is InChI=1S/C16H12ClNO3/c1-9-4-2-3-5-10(9)16(20)11-6-14-13(7-12(11)17)18-15(19)8-21-14/h2-7H,8H2,1H3,(H,18,19). The summed E-state index contributed by atoms with van der Waals surface area (Å²) in [5.41, 5.74) is 2.32. The van der Waals surface area contributed by atoms with Crippen LogP contribution in [0.25, 0.3) is 0 Å². The molecule has 1 heterocycles. The number of nitrogens with one attached hydrogen (secondary N) is 1. The first kappa shape index (κ1) is 13.6. The van der Waals surface area contributed by atoms with Crippen LogP contribution in [0.15, 0.2) is 36.4 Å². The van der Waals surface area contributed by atoms with Crippen molar-refractivity contribution in [1.82, 2.24) is 0 Å². The summed E-state index contributed by atoms with van der Waals surface area (Å²) in [5, 5.41) is 2.94. The van der Waals surface area contributed by atoms with Crippen LogP contribution in [0, 0.1) is 6.92 Å². The van der Waals surface area contributed by atoms with Crippen LogP contribution in [0.5, 0.6) is 5.75 Å². The van der Waals surface area contributed by atoms with Gasteiger partial charge in [0.15, 0.2) is 12.4 Å². The van der Waals surface area contributed by atoms with Gasteiger partial charge < -0.3 is 10.1 Å². The number of ether oxygens (including phenoxy) is 1. The van der Waals surface area contributed by atoms with E-state index in [1.54, 1.807) is 18.2 Å². The Morgan fingerprint density at radius 1 is 1.24 bits per heavy atom. The number of rotatable bonds is 2. The van der Waals surface area contributed by atoms with Crippen LogP contribution in [-0.4, -0.2) is 18.3 Å². The molecule has 0 radical (unpaired) electrons. The Balaban J connectivity index is 2.05. The summed E-state index contributed by atoms with van der Waals surface area (Å²) in [7, 11) is 0. The van der Waals surface area contributed by atoms with Crippen LogP contribution in [0.4, 0.5) is 5.69 Å². The molecule has 0 saturated carbocycles. The summed E-state index contributed by atoms with van der Waals surface area (Å²) >= 11 is 6.18. The van der Waals surface area contributed by atoms with Crippen LogP contribution in [0.2, 0.25) is 5.02 Å². The molecule has 0 saturated heterocycles. The minimum absolute atomic E-state index is 0.0629. The third kappa shape index (κ3) is 2.50. The Labute approximate surface area is 126 Å². The van der Waals surface area contributed by atoms with Crippen molar-refractivity contribution in [2.24, 2.45) is 0 Å². The predicted octanol–water partition coefficient (Wildman–Crippen LogP) is 3.21. The normalized spacial score (nSPS) is 13.1. The summed E-state index contributed by atoms with van der Waals surface area (Å²) in [4.78, 5) is 23.9. The topological polar surface area (TPSA) is 55.4 Å². The van der Waals surface area contributed by atoms with Gasteiger partial charge in [0.05, 0.1) is 10.7 Å². The highest BCUT2D eigenvalue weighted by atomic mass is 35.5. The van der Waals surface area contributed by atoms with E-state index >= 15 is 0 Å². The zero-order chi connectivity index (χ0) is 15.0. The van der Waals surface area contributed by atoms with Gasteiger partial charge in [-0.2, -0.15) is 0 Å². The van der Waals surface area contributed by atoms with Crippen LogP contribution in [0.1, 0.15) is 21.5 Å². The van der Waals surface area contributed by atoms with Crippen molar-refractivity contribution in [3.05, 3.63) is 58.1 Å². The lowest BCUT2D eigenvalue weighted by Crippen LogP contribution is -2.25. The van der Waals surface area contributed by atoms with Gasteiger partial charge in [-0.1, -0.05) is 35.9 Å². The van der Waals surface area contributed by atoms with Crippen LogP contribution in [0.3, 0.4) is 0 Å². The molecule has 0 spiro atoms. The molecule has 1 aliphatic heterocycles. The van der Waals surface area contributed by atoms with Crippen LogP contribution >= 0.6 is 11.6 Å². The number of fused-ring (bicyclic) bond motifs is 1. The van der Waals surface area contributed by atoms with Crippen LogP contribution in [-0.2, 0) is 4.79 Å². The molecular weight excluding hydrogens is 290 g/mol. The number of halogens is 1. The minimum Gasteiger partial charge on any atom is -0.482 e. The molecule has 0 atom stereocenters. The average molecular weight is 302 g/mol. The van der Waals surface area contributed by atoms with E-state index in [2.05, 4.69) is 5.32 Å². The number of amides is 1. The molecule has 3 rings (SSSR count). The SMILES string of the molecule is Cc1ccccc1C(=O)c1cc2c(cc1Cl)NC(=O)CO2. The lowest BCUT2D eigenvalue weighted by atomic mass is 9.98. The molecule has 0 bridgehead atoms. The van der Waals surface area contributed by atoms with Gasteiger partial charge in [-0.25, -0.2) is 0 Å². The predicted molar refractivity (Wildman–Crippen MR) is 80.2 cm³/mol. The van der Waals surface area contributed by atoms with Crippen molar-refractivity contribution in [3.8, 4) is 5.75 Å². The van der Waals surface area contributed by atoms with Gasteiger partial charge in [0.25, 0.3) is 5.91 Å². The number of hydrogen-bond donors (Lipinski definition) is 1. The van der Waals surface area contributed by atoms with Crippen molar-refractivity contribution < 1.29 is 14.3 Å². The molecule has 0 aliphatic carbocycles. The zero-order valence-corrected chi connectivity index (χ0v) is 12.0. The van der Waals surface area contributed by atoms with E-state index in [0.29, 0.717) is 22.6 Å². The quantitative estimate of drug-likeness (QED) is 0.867. The third-order valence-corrected chi connectivity index (χ3v) is 3.65. The molecule has 0 aromatic heterocycles. The van der Waals surface area contributed by atoms with Crippen molar-refractivity contribution in [3.63, 3.8) is 0 Å². The summed E-state index contributed by atoms with van der Waals surface area (Å²) in [6.07, 6.45) is 0. The number of hydrogen-bond acceptors (Lipinski definition) is 3. The first-order valence-corrected chi connectivity index (χ1v) is 6.80. The van der Waals surface area contributed by atoms with Crippen molar-refractivity contribution in [2.45, 2.75) is 6.92 Å². The molecule has 2 aromatic carbocycles. The minimum atomic E-state index is -0.239. The monoisotopic (exact) mass is 301 g/mol. The number of carbonyl (C=O) groups is 2. The molecular formula is C16H12ClNO3. The van der Waals surface area contributed by atoms with Gasteiger partial charge in [0, 0.05) is 11.1 Å². The lowest BCUT2D eigenvalue weighted by Gasteiger charge is -2.19. The summed E-state index contributed by atoms with van der Waals surface area (Å²) in [6.45, 7) is 1.81. The number of ketones is 1. The van der Waals surface area contributed by atoms with Gasteiger partial charge >= 0.3 is 0 Å². The Hall–Kier alpha value is -2.33. The lowest BCUT2D eigenvalue weighted by molar-refractivity contribution is -0.118. The van der Waals surface area contributed by atoms with E-state index in [0.717, 1.165) is 5.56 Å². The highest BCUT2D eigenvalue weighted by molar-refractivity contribution is 6.35. The smallest absolute Gasteiger partial charge is 0.262 e. The van der Waals surface area contributed by atoms with Crippen LogP contribution < -0.4 is 10.1 Å². The molecule has 2 aromatic rings. The second-order valence-corrected chi connectivity index (χ2v) is 5.22. The van der Waals surface area contributed by atoms with Gasteiger partial charge in [0.1, 0.15) is 5.75 Å². The van der Waals surface area contributed by atoms with Gasteiger partial charge in [-0.05, 0) is 24.6 Å². The van der Waals surface area contributed by atoms with E-state index in [1.807, 2.05) is 25.1 Å². The molecule has 1 amide bonds. The largest absolute Gasteiger partial charge is 0.482 e. The molecule has 5 heteroatoms. The number of benzene rings is 2. The fourth-order valence-electron chi connectivity index (χ4n) is 2.25. The summed E-state index contributed by atoms with van der Waals surface area (Å²) in [5.74, 6) is 0.0499. The number of anilines is 1. The second-order valence-electron chi connectivity index (χ2n) is 4.81. The molecule has 0 fully saturated rings. The maximum atomic E-state index is 12.6. The maximum absolute atomic E-state index is 12.6. The first-order chi connectivity index (χ1) is 10.1. The Kier molecular flexibility index (Phi) is 3.39.